The molecule has 0 bridgehead atoms. The van der Waals surface area contributed by atoms with E-state index in [1.807, 2.05) is 11.4 Å². The molecule has 2 atom stereocenters. The van der Waals surface area contributed by atoms with E-state index in [1.54, 1.807) is 29.7 Å². The fourth-order valence-electron chi connectivity index (χ4n) is 2.41. The average Bonchev–Trinajstić information content (AvgIpc) is 3.26. The second-order valence-electron chi connectivity index (χ2n) is 5.61. The summed E-state index contributed by atoms with van der Waals surface area (Å²) in [5.41, 5.74) is 0.562. The number of nitrogens with one attached hydrogen (secondary N) is 1. The lowest BCUT2D eigenvalue weighted by Crippen LogP contribution is -2.27. The summed E-state index contributed by atoms with van der Waals surface area (Å²) < 4.78 is 11.0. The molecule has 1 aliphatic rings. The van der Waals surface area contributed by atoms with Crippen LogP contribution in [0.4, 0.5) is 0 Å². The molecular weight excluding hydrogens is 312 g/mol. The van der Waals surface area contributed by atoms with Crippen molar-refractivity contribution >= 4 is 17.2 Å². The minimum atomic E-state index is -0.108. The first kappa shape index (κ1) is 16.0. The van der Waals surface area contributed by atoms with Gasteiger partial charge in [-0.2, -0.15) is 0 Å². The second kappa shape index (κ2) is 7.57. The van der Waals surface area contributed by atoms with Crippen molar-refractivity contribution in [3.8, 4) is 5.88 Å². The maximum Gasteiger partial charge on any atom is 0.251 e. The Morgan fingerprint density at radius 1 is 1.57 bits per heavy atom. The van der Waals surface area contributed by atoms with Crippen molar-refractivity contribution in [1.29, 1.82) is 0 Å². The van der Waals surface area contributed by atoms with Crippen LogP contribution in [0.5, 0.6) is 5.88 Å². The molecule has 0 aromatic carbocycles. The molecule has 1 aliphatic heterocycles. The number of amides is 1. The molecule has 0 spiro atoms. The van der Waals surface area contributed by atoms with Crippen LogP contribution in [0.15, 0.2) is 35.8 Å². The Kier molecular flexibility index (Phi) is 5.25. The van der Waals surface area contributed by atoms with E-state index in [4.69, 9.17) is 9.47 Å². The number of carbonyl (C=O) groups is 1. The van der Waals surface area contributed by atoms with Gasteiger partial charge in [0.15, 0.2) is 0 Å². The number of hydrogen-bond acceptors (Lipinski definition) is 5. The highest BCUT2D eigenvalue weighted by Crippen LogP contribution is 2.20. The molecule has 1 amide bonds. The van der Waals surface area contributed by atoms with Gasteiger partial charge in [0, 0.05) is 41.6 Å². The van der Waals surface area contributed by atoms with Crippen LogP contribution in [0.2, 0.25) is 0 Å². The third-order valence-electron chi connectivity index (χ3n) is 3.77. The normalized spacial score (nSPS) is 18.6. The molecule has 1 N–H and O–H groups in total. The maximum absolute atomic E-state index is 12.3. The van der Waals surface area contributed by atoms with E-state index in [-0.39, 0.29) is 12.0 Å². The molecule has 6 heteroatoms. The van der Waals surface area contributed by atoms with E-state index in [2.05, 4.69) is 23.3 Å². The Bertz CT molecular complexity index is 639. The van der Waals surface area contributed by atoms with E-state index >= 15 is 0 Å². The topological polar surface area (TPSA) is 60.5 Å². The molecule has 0 saturated carbocycles. The highest BCUT2D eigenvalue weighted by molar-refractivity contribution is 7.10. The van der Waals surface area contributed by atoms with E-state index in [9.17, 15) is 4.79 Å². The Balaban J connectivity index is 1.56. The van der Waals surface area contributed by atoms with Gasteiger partial charge < -0.3 is 14.8 Å². The van der Waals surface area contributed by atoms with Crippen LogP contribution in [0, 0.1) is 0 Å². The number of ether oxygens (including phenoxy) is 2. The molecule has 3 heterocycles. The van der Waals surface area contributed by atoms with Gasteiger partial charge in [-0.1, -0.05) is 13.0 Å². The standard InChI is InChI=1S/C17H20N2O3S/c1-12(15-3-2-8-23-15)10-19-17(20)13-4-6-18-16(9-13)22-14-5-7-21-11-14/h2-4,6,8-9,12,14H,5,7,10-11H2,1H3,(H,19,20)/t12-,14-/m1/s1. The molecule has 5 nitrogen and oxygen atoms in total. The minimum Gasteiger partial charge on any atom is -0.472 e. The van der Waals surface area contributed by atoms with Gasteiger partial charge in [-0.05, 0) is 17.5 Å². The Labute approximate surface area is 139 Å². The summed E-state index contributed by atoms with van der Waals surface area (Å²) in [6.07, 6.45) is 2.48. The number of aromatic nitrogens is 1. The SMILES string of the molecule is C[C@H](CNC(=O)c1ccnc(O[C@@H]2CCOC2)c1)c1cccs1. The monoisotopic (exact) mass is 332 g/mol. The van der Waals surface area contributed by atoms with Crippen LogP contribution < -0.4 is 10.1 Å². The molecule has 0 unspecified atom stereocenters. The lowest BCUT2D eigenvalue weighted by molar-refractivity contribution is 0.0950. The predicted molar refractivity (Wildman–Crippen MR) is 89.2 cm³/mol. The molecule has 23 heavy (non-hydrogen) atoms. The highest BCUT2D eigenvalue weighted by Gasteiger charge is 2.18. The van der Waals surface area contributed by atoms with Crippen molar-refractivity contribution in [1.82, 2.24) is 10.3 Å². The zero-order chi connectivity index (χ0) is 16.1. The third-order valence-corrected chi connectivity index (χ3v) is 4.87. The lowest BCUT2D eigenvalue weighted by atomic mass is 10.1. The summed E-state index contributed by atoms with van der Waals surface area (Å²) in [6.45, 7) is 4.00. The van der Waals surface area contributed by atoms with Crippen LogP contribution in [0.3, 0.4) is 0 Å². The van der Waals surface area contributed by atoms with Crippen LogP contribution >= 0.6 is 11.3 Å². The number of rotatable bonds is 6. The first-order chi connectivity index (χ1) is 11.2. The van der Waals surface area contributed by atoms with Crippen molar-refractivity contribution in [3.05, 3.63) is 46.3 Å². The van der Waals surface area contributed by atoms with E-state index in [0.717, 1.165) is 6.42 Å². The number of hydrogen-bond donors (Lipinski definition) is 1. The van der Waals surface area contributed by atoms with Crippen LogP contribution in [0.1, 0.15) is 34.5 Å². The molecule has 2 aromatic rings. The summed E-state index contributed by atoms with van der Waals surface area (Å²) in [6, 6.07) is 7.49. The molecule has 3 rings (SSSR count). The summed E-state index contributed by atoms with van der Waals surface area (Å²) in [5.74, 6) is 0.662. The molecule has 2 aromatic heterocycles. The molecule has 0 aliphatic carbocycles. The van der Waals surface area contributed by atoms with Gasteiger partial charge in [0.25, 0.3) is 5.91 Å². The summed E-state index contributed by atoms with van der Waals surface area (Å²) in [4.78, 5) is 17.7. The van der Waals surface area contributed by atoms with Crippen LogP contribution in [-0.2, 0) is 4.74 Å². The Morgan fingerprint density at radius 2 is 2.48 bits per heavy atom. The van der Waals surface area contributed by atoms with Gasteiger partial charge in [0.05, 0.1) is 13.2 Å². The van der Waals surface area contributed by atoms with Gasteiger partial charge in [0.2, 0.25) is 5.88 Å². The van der Waals surface area contributed by atoms with E-state index < -0.39 is 0 Å². The van der Waals surface area contributed by atoms with Gasteiger partial charge in [-0.15, -0.1) is 11.3 Å². The fourth-order valence-corrected chi connectivity index (χ4v) is 3.20. The van der Waals surface area contributed by atoms with E-state index in [1.165, 1.54) is 4.88 Å². The van der Waals surface area contributed by atoms with Gasteiger partial charge >= 0.3 is 0 Å². The van der Waals surface area contributed by atoms with Crippen LogP contribution in [-0.4, -0.2) is 36.8 Å². The van der Waals surface area contributed by atoms with E-state index in [0.29, 0.717) is 37.1 Å². The van der Waals surface area contributed by atoms with Gasteiger partial charge in [-0.3, -0.25) is 4.79 Å². The first-order valence-corrected chi connectivity index (χ1v) is 8.62. The molecular formula is C17H20N2O3S. The zero-order valence-corrected chi connectivity index (χ0v) is 13.8. The smallest absolute Gasteiger partial charge is 0.251 e. The maximum atomic E-state index is 12.3. The quantitative estimate of drug-likeness (QED) is 0.884. The second-order valence-corrected chi connectivity index (χ2v) is 6.59. The predicted octanol–water partition coefficient (Wildman–Crippen LogP) is 2.84. The average molecular weight is 332 g/mol. The third kappa shape index (κ3) is 4.30. The van der Waals surface area contributed by atoms with Crippen molar-refractivity contribution in [2.75, 3.05) is 19.8 Å². The summed E-state index contributed by atoms with van der Waals surface area (Å²) >= 11 is 1.71. The van der Waals surface area contributed by atoms with Gasteiger partial charge in [0.1, 0.15) is 6.10 Å². The number of nitrogens with zero attached hydrogens (tertiary/aromatic N) is 1. The lowest BCUT2D eigenvalue weighted by Gasteiger charge is -2.13. The number of carbonyl (C=O) groups excluding carboxylic acids is 1. The largest absolute Gasteiger partial charge is 0.472 e. The fraction of sp³-hybridized carbons (Fsp3) is 0.412. The molecule has 1 fully saturated rings. The molecule has 0 radical (unpaired) electrons. The van der Waals surface area contributed by atoms with Crippen LogP contribution in [0.25, 0.3) is 0 Å². The molecule has 1 saturated heterocycles. The molecule has 122 valence electrons. The van der Waals surface area contributed by atoms with Crippen molar-refractivity contribution in [3.63, 3.8) is 0 Å². The van der Waals surface area contributed by atoms with Crippen molar-refractivity contribution in [2.24, 2.45) is 0 Å². The Hall–Kier alpha value is -1.92. The highest BCUT2D eigenvalue weighted by atomic mass is 32.1. The van der Waals surface area contributed by atoms with Crippen molar-refractivity contribution in [2.45, 2.75) is 25.4 Å². The number of pyridine rings is 1. The summed E-state index contributed by atoms with van der Waals surface area (Å²) in [5, 5.41) is 5.02. The Morgan fingerprint density at radius 3 is 3.22 bits per heavy atom. The first-order valence-electron chi connectivity index (χ1n) is 7.74. The number of thiophene rings is 1. The van der Waals surface area contributed by atoms with Crippen molar-refractivity contribution < 1.29 is 14.3 Å². The summed E-state index contributed by atoms with van der Waals surface area (Å²) in [7, 11) is 0. The minimum absolute atomic E-state index is 0.0275. The zero-order valence-electron chi connectivity index (χ0n) is 13.0. The van der Waals surface area contributed by atoms with Gasteiger partial charge in [-0.25, -0.2) is 4.98 Å².